The van der Waals surface area contributed by atoms with Crippen LogP contribution >= 0.6 is 22.7 Å². The molecule has 8 heteroatoms. The number of aromatic nitrogens is 2. The molecule has 1 amide bonds. The lowest BCUT2D eigenvalue weighted by atomic mass is 10.2. The number of rotatable bonds is 8. The monoisotopic (exact) mass is 454 g/mol. The lowest BCUT2D eigenvalue weighted by Gasteiger charge is -2.24. The summed E-state index contributed by atoms with van der Waals surface area (Å²) in [4.78, 5) is 27.1. The number of carbonyl (C=O) groups excluding carboxylic acids is 1. The highest BCUT2D eigenvalue weighted by atomic mass is 32.1. The second-order valence-corrected chi connectivity index (χ2v) is 9.24. The molecule has 0 unspecified atom stereocenters. The zero-order valence-electron chi connectivity index (χ0n) is 18.2. The molecule has 0 saturated carbocycles. The lowest BCUT2D eigenvalue weighted by molar-refractivity contribution is 0.0983. The van der Waals surface area contributed by atoms with Crippen LogP contribution in [0.2, 0.25) is 0 Å². The first kappa shape index (κ1) is 21.7. The Morgan fingerprint density at radius 2 is 1.81 bits per heavy atom. The second-order valence-electron chi connectivity index (χ2n) is 7.23. The van der Waals surface area contributed by atoms with E-state index in [0.717, 1.165) is 51.4 Å². The van der Waals surface area contributed by atoms with Crippen molar-refractivity contribution >= 4 is 54.1 Å². The molecule has 2 aromatic heterocycles. The number of para-hydroxylation sites is 1. The zero-order chi connectivity index (χ0) is 22.0. The summed E-state index contributed by atoms with van der Waals surface area (Å²) in [5.41, 5.74) is 2.77. The molecule has 31 heavy (non-hydrogen) atoms. The molecule has 2 heterocycles. The van der Waals surface area contributed by atoms with Gasteiger partial charge in [-0.1, -0.05) is 43.4 Å². The number of methoxy groups -OCH3 is 1. The summed E-state index contributed by atoms with van der Waals surface area (Å²) in [5.74, 6) is 0.614. The predicted molar refractivity (Wildman–Crippen MR) is 130 cm³/mol. The third-order valence-electron chi connectivity index (χ3n) is 5.40. The molecule has 0 radical (unpaired) electrons. The van der Waals surface area contributed by atoms with Crippen molar-refractivity contribution in [2.24, 2.45) is 0 Å². The number of aryl methyl sites for hydroxylation is 1. The number of nitrogens with zero attached hydrogens (tertiary/aromatic N) is 4. The molecule has 0 atom stereocenters. The first-order valence-corrected chi connectivity index (χ1v) is 12.0. The van der Waals surface area contributed by atoms with Crippen molar-refractivity contribution in [1.29, 1.82) is 0 Å². The molecule has 6 nitrogen and oxygen atoms in total. The van der Waals surface area contributed by atoms with Crippen LogP contribution in [0.15, 0.2) is 36.4 Å². The number of benzene rings is 2. The number of fused-ring (bicyclic) bond motifs is 2. The van der Waals surface area contributed by atoms with E-state index < -0.39 is 0 Å². The van der Waals surface area contributed by atoms with Crippen molar-refractivity contribution in [2.75, 3.05) is 38.2 Å². The maximum Gasteiger partial charge on any atom is 0.289 e. The zero-order valence-corrected chi connectivity index (χ0v) is 19.8. The van der Waals surface area contributed by atoms with Crippen LogP contribution in [0.4, 0.5) is 5.13 Å². The van der Waals surface area contributed by atoms with Crippen LogP contribution in [-0.2, 0) is 0 Å². The van der Waals surface area contributed by atoms with E-state index in [4.69, 9.17) is 9.72 Å². The number of hydrogen-bond donors (Lipinski definition) is 0. The Balaban J connectivity index is 1.76. The number of ether oxygens (including phenoxy) is 1. The van der Waals surface area contributed by atoms with Gasteiger partial charge in [-0.25, -0.2) is 9.97 Å². The first-order valence-electron chi connectivity index (χ1n) is 10.4. The molecule has 0 aliphatic carbocycles. The third-order valence-corrected chi connectivity index (χ3v) is 7.64. The molecule has 0 saturated heterocycles. The van der Waals surface area contributed by atoms with Crippen LogP contribution in [0.25, 0.3) is 20.4 Å². The maximum atomic E-state index is 13.6. The van der Waals surface area contributed by atoms with Gasteiger partial charge in [0.25, 0.3) is 5.91 Å². The van der Waals surface area contributed by atoms with Gasteiger partial charge >= 0.3 is 0 Å². The van der Waals surface area contributed by atoms with E-state index in [9.17, 15) is 4.79 Å². The molecule has 0 bridgehead atoms. The molecule has 0 aliphatic heterocycles. The van der Waals surface area contributed by atoms with Gasteiger partial charge in [0.1, 0.15) is 11.3 Å². The number of hydrogen-bond acceptors (Lipinski definition) is 7. The highest BCUT2D eigenvalue weighted by Gasteiger charge is 2.25. The molecule has 4 rings (SSSR count). The van der Waals surface area contributed by atoms with Crippen molar-refractivity contribution in [3.8, 4) is 5.75 Å². The van der Waals surface area contributed by atoms with E-state index in [1.54, 1.807) is 12.0 Å². The number of likely N-dealkylation sites (N-methyl/N-ethyl adjacent to an activating group) is 1. The van der Waals surface area contributed by atoms with Crippen LogP contribution in [0, 0.1) is 6.92 Å². The van der Waals surface area contributed by atoms with Crippen LogP contribution in [0.1, 0.15) is 29.2 Å². The standard InChI is InChI=1S/C23H26N4O2S2/c1-5-26(6-2)13-14-27(22(28)21-24-16-9-7-8-10-18(16)30-21)23-25-19-17(29-4)12-11-15(3)20(19)31-23/h7-12H,5-6,13-14H2,1-4H3. The van der Waals surface area contributed by atoms with Crippen molar-refractivity contribution in [1.82, 2.24) is 14.9 Å². The molecule has 4 aromatic rings. The van der Waals surface area contributed by atoms with Gasteiger partial charge in [0.05, 0.1) is 22.0 Å². The second kappa shape index (κ2) is 9.30. The Labute approximate surface area is 190 Å². The van der Waals surface area contributed by atoms with Gasteiger partial charge in [-0.05, 0) is 43.8 Å². The van der Waals surface area contributed by atoms with Crippen molar-refractivity contribution in [2.45, 2.75) is 20.8 Å². The molecule has 162 valence electrons. The number of carbonyl (C=O) groups is 1. The smallest absolute Gasteiger partial charge is 0.289 e. The SMILES string of the molecule is CCN(CC)CCN(C(=O)c1nc2ccccc2s1)c1nc2c(OC)ccc(C)c2s1. The molecular weight excluding hydrogens is 428 g/mol. The minimum Gasteiger partial charge on any atom is -0.494 e. The highest BCUT2D eigenvalue weighted by molar-refractivity contribution is 7.23. The minimum atomic E-state index is -0.107. The minimum absolute atomic E-state index is 0.107. The van der Waals surface area contributed by atoms with Crippen molar-refractivity contribution in [3.63, 3.8) is 0 Å². The predicted octanol–water partition coefficient (Wildman–Crippen LogP) is 5.21. The molecule has 2 aromatic carbocycles. The van der Waals surface area contributed by atoms with Crippen LogP contribution in [-0.4, -0.2) is 54.1 Å². The van der Waals surface area contributed by atoms with Crippen molar-refractivity contribution < 1.29 is 9.53 Å². The molecule has 0 fully saturated rings. The number of thiazole rings is 2. The van der Waals surface area contributed by atoms with E-state index in [1.807, 2.05) is 36.4 Å². The van der Waals surface area contributed by atoms with Crippen LogP contribution in [0.3, 0.4) is 0 Å². The molecule has 0 spiro atoms. The van der Waals surface area contributed by atoms with Crippen molar-refractivity contribution in [3.05, 3.63) is 47.0 Å². The Morgan fingerprint density at radius 3 is 2.52 bits per heavy atom. The van der Waals surface area contributed by atoms with E-state index in [-0.39, 0.29) is 5.91 Å². The first-order chi connectivity index (χ1) is 15.0. The number of anilines is 1. The fourth-order valence-corrected chi connectivity index (χ4v) is 5.51. The average Bonchev–Trinajstić information content (AvgIpc) is 3.42. The molecule has 0 aliphatic rings. The van der Waals surface area contributed by atoms with Crippen LogP contribution < -0.4 is 9.64 Å². The Morgan fingerprint density at radius 1 is 1.03 bits per heavy atom. The fourth-order valence-electron chi connectivity index (χ4n) is 3.52. The van der Waals surface area contributed by atoms with E-state index in [1.165, 1.54) is 22.7 Å². The van der Waals surface area contributed by atoms with Gasteiger partial charge < -0.3 is 9.64 Å². The van der Waals surface area contributed by atoms with Gasteiger partial charge in [-0.3, -0.25) is 9.69 Å². The summed E-state index contributed by atoms with van der Waals surface area (Å²) in [6.45, 7) is 9.52. The highest BCUT2D eigenvalue weighted by Crippen LogP contribution is 2.37. The van der Waals surface area contributed by atoms with Crippen LogP contribution in [0.5, 0.6) is 5.75 Å². The van der Waals surface area contributed by atoms with E-state index in [0.29, 0.717) is 16.7 Å². The fraction of sp³-hybridized carbons (Fsp3) is 0.348. The van der Waals surface area contributed by atoms with Gasteiger partial charge in [0.2, 0.25) is 0 Å². The summed E-state index contributed by atoms with van der Waals surface area (Å²) in [5, 5.41) is 1.17. The summed E-state index contributed by atoms with van der Waals surface area (Å²) in [7, 11) is 1.65. The molecular formula is C23H26N4O2S2. The number of amides is 1. The van der Waals surface area contributed by atoms with E-state index >= 15 is 0 Å². The lowest BCUT2D eigenvalue weighted by Crippen LogP contribution is -2.38. The summed E-state index contributed by atoms with van der Waals surface area (Å²) >= 11 is 2.96. The topological polar surface area (TPSA) is 58.6 Å². The third kappa shape index (κ3) is 4.28. The van der Waals surface area contributed by atoms with Gasteiger partial charge in [-0.15, -0.1) is 11.3 Å². The van der Waals surface area contributed by atoms with Gasteiger partial charge in [0, 0.05) is 13.1 Å². The summed E-state index contributed by atoms with van der Waals surface area (Å²) in [6.07, 6.45) is 0. The molecule has 0 N–H and O–H groups in total. The quantitative estimate of drug-likeness (QED) is 0.366. The normalized spacial score (nSPS) is 11.5. The Kier molecular flexibility index (Phi) is 6.50. The maximum absolute atomic E-state index is 13.6. The van der Waals surface area contributed by atoms with Gasteiger partial charge in [-0.2, -0.15) is 0 Å². The average molecular weight is 455 g/mol. The Hall–Kier alpha value is -2.55. The largest absolute Gasteiger partial charge is 0.494 e. The summed E-state index contributed by atoms with van der Waals surface area (Å²) in [6, 6.07) is 11.8. The van der Waals surface area contributed by atoms with E-state index in [2.05, 4.69) is 30.7 Å². The van der Waals surface area contributed by atoms with Gasteiger partial charge in [0.15, 0.2) is 10.1 Å². The Bertz CT molecular complexity index is 1180. The summed E-state index contributed by atoms with van der Waals surface area (Å²) < 4.78 is 7.57.